The zero-order valence-electron chi connectivity index (χ0n) is 13.4. The Kier molecular flexibility index (Phi) is 6.76. The topological polar surface area (TPSA) is 21.3 Å². The van der Waals surface area contributed by atoms with Crippen LogP contribution in [0.4, 0.5) is 0 Å². The molecule has 1 aromatic carbocycles. The Morgan fingerprint density at radius 3 is 2.55 bits per heavy atom. The van der Waals surface area contributed by atoms with Crippen molar-refractivity contribution in [2.75, 3.05) is 19.8 Å². The van der Waals surface area contributed by atoms with E-state index >= 15 is 0 Å². The summed E-state index contributed by atoms with van der Waals surface area (Å²) in [6.45, 7) is 11.2. The van der Waals surface area contributed by atoms with Gasteiger partial charge in [0.1, 0.15) is 0 Å². The lowest BCUT2D eigenvalue weighted by molar-refractivity contribution is 0.0778. The van der Waals surface area contributed by atoms with Gasteiger partial charge in [0.05, 0.1) is 10.0 Å². The van der Waals surface area contributed by atoms with Crippen molar-refractivity contribution >= 4 is 23.2 Å². The van der Waals surface area contributed by atoms with Crippen molar-refractivity contribution in [3.63, 3.8) is 0 Å². The van der Waals surface area contributed by atoms with Crippen LogP contribution < -0.4 is 5.32 Å². The summed E-state index contributed by atoms with van der Waals surface area (Å²) >= 11 is 12.2. The first-order valence-corrected chi connectivity index (χ1v) is 8.69. The van der Waals surface area contributed by atoms with Gasteiger partial charge in [-0.1, -0.05) is 55.3 Å². The van der Waals surface area contributed by atoms with Crippen LogP contribution in [0.1, 0.15) is 38.2 Å². The van der Waals surface area contributed by atoms with Gasteiger partial charge in [0, 0.05) is 31.7 Å². The molecule has 0 aliphatic carbocycles. The normalized spacial score (nSPS) is 17.7. The van der Waals surface area contributed by atoms with Crippen molar-refractivity contribution in [2.24, 2.45) is 5.92 Å². The molecule has 1 heterocycles. The van der Waals surface area contributed by atoms with E-state index in [4.69, 9.17) is 27.9 Å². The number of halogens is 2. The van der Waals surface area contributed by atoms with Crippen LogP contribution in [0.3, 0.4) is 0 Å². The van der Waals surface area contributed by atoms with Gasteiger partial charge in [-0.3, -0.25) is 0 Å². The average Bonchev–Trinajstić information content (AvgIpc) is 2.51. The van der Waals surface area contributed by atoms with Gasteiger partial charge in [-0.25, -0.2) is 0 Å². The molecule has 0 saturated carbocycles. The van der Waals surface area contributed by atoms with E-state index in [2.05, 4.69) is 31.8 Å². The van der Waals surface area contributed by atoms with Crippen molar-refractivity contribution in [2.45, 2.75) is 38.6 Å². The first kappa shape index (κ1) is 17.8. The highest BCUT2D eigenvalue weighted by atomic mass is 35.5. The Bertz CT molecular complexity index is 510. The summed E-state index contributed by atoms with van der Waals surface area (Å²) in [5, 5.41) is 4.87. The molecule has 0 bridgehead atoms. The summed E-state index contributed by atoms with van der Waals surface area (Å²) in [4.78, 5) is 0. The molecule has 122 valence electrons. The van der Waals surface area contributed by atoms with E-state index in [-0.39, 0.29) is 5.92 Å². The summed E-state index contributed by atoms with van der Waals surface area (Å²) in [7, 11) is 0. The lowest BCUT2D eigenvalue weighted by Gasteiger charge is -2.28. The Morgan fingerprint density at radius 1 is 1.27 bits per heavy atom. The van der Waals surface area contributed by atoms with Crippen LogP contribution >= 0.6 is 23.2 Å². The molecule has 1 aromatic rings. The summed E-state index contributed by atoms with van der Waals surface area (Å²) in [5.74, 6) is 0.675. The zero-order chi connectivity index (χ0) is 16.1. The molecular weight excluding hydrogens is 317 g/mol. The first-order valence-electron chi connectivity index (χ1n) is 7.93. The monoisotopic (exact) mass is 341 g/mol. The van der Waals surface area contributed by atoms with Crippen LogP contribution in [0, 0.1) is 5.92 Å². The Morgan fingerprint density at radius 2 is 1.95 bits per heavy atom. The van der Waals surface area contributed by atoms with E-state index in [1.54, 1.807) is 0 Å². The third kappa shape index (κ3) is 4.73. The van der Waals surface area contributed by atoms with E-state index in [9.17, 15) is 0 Å². The third-order valence-corrected chi connectivity index (χ3v) is 5.11. The number of hydrogen-bond donors (Lipinski definition) is 1. The number of nitrogens with one attached hydrogen (secondary N) is 1. The maximum atomic E-state index is 6.19. The van der Waals surface area contributed by atoms with Crippen molar-refractivity contribution < 1.29 is 4.74 Å². The number of benzene rings is 1. The third-order valence-electron chi connectivity index (χ3n) is 4.37. The van der Waals surface area contributed by atoms with Crippen LogP contribution in [-0.4, -0.2) is 25.8 Å². The lowest BCUT2D eigenvalue weighted by Crippen LogP contribution is -2.37. The van der Waals surface area contributed by atoms with E-state index in [1.165, 1.54) is 11.1 Å². The molecule has 0 spiro atoms. The van der Waals surface area contributed by atoms with Crippen molar-refractivity contribution in [3.05, 3.63) is 46.0 Å². The molecule has 22 heavy (non-hydrogen) atoms. The Hall–Kier alpha value is -0.540. The molecule has 0 radical (unpaired) electrons. The van der Waals surface area contributed by atoms with Crippen LogP contribution in [-0.2, 0) is 4.74 Å². The zero-order valence-corrected chi connectivity index (χ0v) is 14.9. The molecule has 1 aliphatic rings. The van der Waals surface area contributed by atoms with Crippen molar-refractivity contribution in [1.82, 2.24) is 5.32 Å². The van der Waals surface area contributed by atoms with Gasteiger partial charge in [-0.2, -0.15) is 0 Å². The molecule has 1 saturated heterocycles. The molecule has 2 nitrogen and oxygen atoms in total. The molecular formula is C18H25Cl2NO. The van der Waals surface area contributed by atoms with Gasteiger partial charge in [-0.15, -0.1) is 0 Å². The quantitative estimate of drug-likeness (QED) is 0.730. The number of rotatable bonds is 6. The summed E-state index contributed by atoms with van der Waals surface area (Å²) in [6.07, 6.45) is 2.14. The largest absolute Gasteiger partial charge is 0.381 e. The van der Waals surface area contributed by atoms with Crippen LogP contribution in [0.25, 0.3) is 0 Å². The second-order valence-electron chi connectivity index (χ2n) is 6.25. The maximum absolute atomic E-state index is 6.19. The molecule has 1 fully saturated rings. The lowest BCUT2D eigenvalue weighted by atomic mass is 9.85. The summed E-state index contributed by atoms with van der Waals surface area (Å²) in [6, 6.07) is 6.42. The average molecular weight is 342 g/mol. The molecule has 4 heteroatoms. The van der Waals surface area contributed by atoms with Gasteiger partial charge in [0.25, 0.3) is 0 Å². The van der Waals surface area contributed by atoms with E-state index in [0.717, 1.165) is 32.6 Å². The molecule has 0 amide bonds. The Labute approximate surface area is 143 Å². The summed E-state index contributed by atoms with van der Waals surface area (Å²) in [5.41, 5.74) is 2.39. The smallest absolute Gasteiger partial charge is 0.0595 e. The van der Waals surface area contributed by atoms with Crippen LogP contribution in [0.15, 0.2) is 30.4 Å². The minimum absolute atomic E-state index is 0.248. The van der Waals surface area contributed by atoms with Crippen molar-refractivity contribution in [3.8, 4) is 0 Å². The number of hydrogen-bond acceptors (Lipinski definition) is 2. The molecule has 1 aliphatic heterocycles. The number of ether oxygens (including phenoxy) is 1. The Balaban J connectivity index is 2.11. The standard InChI is InChI=1S/C18H25Cl2NO/c1-12(2)13(3)16(11-21-15-6-8-22-9-7-15)14-4-5-17(19)18(20)10-14/h4-5,10,12,15-16,21H,3,6-9,11H2,1-2H3/t16-/m0/s1. The van der Waals surface area contributed by atoms with E-state index < -0.39 is 0 Å². The van der Waals surface area contributed by atoms with Gasteiger partial charge < -0.3 is 10.1 Å². The van der Waals surface area contributed by atoms with Crippen LogP contribution in [0.2, 0.25) is 10.0 Å². The second-order valence-corrected chi connectivity index (χ2v) is 7.07. The molecule has 0 aromatic heterocycles. The maximum Gasteiger partial charge on any atom is 0.0595 e. The van der Waals surface area contributed by atoms with Crippen LogP contribution in [0.5, 0.6) is 0 Å². The van der Waals surface area contributed by atoms with Gasteiger partial charge >= 0.3 is 0 Å². The van der Waals surface area contributed by atoms with Gasteiger partial charge in [-0.05, 0) is 36.5 Å². The van der Waals surface area contributed by atoms with E-state index in [0.29, 0.717) is 22.0 Å². The first-order chi connectivity index (χ1) is 10.5. The minimum atomic E-state index is 0.248. The highest BCUT2D eigenvalue weighted by Gasteiger charge is 2.21. The van der Waals surface area contributed by atoms with Gasteiger partial charge in [0.2, 0.25) is 0 Å². The fourth-order valence-electron chi connectivity index (χ4n) is 2.78. The van der Waals surface area contributed by atoms with Crippen molar-refractivity contribution in [1.29, 1.82) is 0 Å². The highest BCUT2D eigenvalue weighted by molar-refractivity contribution is 6.42. The molecule has 1 N–H and O–H groups in total. The SMILES string of the molecule is C=C(C(C)C)[C@H](CNC1CCOCC1)c1ccc(Cl)c(Cl)c1. The molecule has 2 rings (SSSR count). The van der Waals surface area contributed by atoms with Gasteiger partial charge in [0.15, 0.2) is 0 Å². The molecule has 1 atom stereocenters. The predicted octanol–water partition coefficient (Wildman–Crippen LogP) is 5.06. The minimum Gasteiger partial charge on any atom is -0.381 e. The highest BCUT2D eigenvalue weighted by Crippen LogP contribution is 2.32. The fourth-order valence-corrected chi connectivity index (χ4v) is 3.09. The summed E-state index contributed by atoms with van der Waals surface area (Å²) < 4.78 is 5.42. The van der Waals surface area contributed by atoms with E-state index in [1.807, 2.05) is 12.1 Å². The molecule has 0 unspecified atom stereocenters. The fraction of sp³-hybridized carbons (Fsp3) is 0.556. The predicted molar refractivity (Wildman–Crippen MR) is 95.0 cm³/mol. The second kappa shape index (κ2) is 8.35.